The molecule has 0 unspecified atom stereocenters. The number of carbonyl (C=O) groups is 2. The van der Waals surface area contributed by atoms with E-state index in [4.69, 9.17) is 5.11 Å². The third kappa shape index (κ3) is 3.84. The van der Waals surface area contributed by atoms with Crippen molar-refractivity contribution in [2.45, 2.75) is 39.5 Å². The van der Waals surface area contributed by atoms with Crippen LogP contribution in [0, 0.1) is 25.7 Å². The predicted octanol–water partition coefficient (Wildman–Crippen LogP) is 2.92. The van der Waals surface area contributed by atoms with Crippen LogP contribution < -0.4 is 5.32 Å². The van der Waals surface area contributed by atoms with Gasteiger partial charge < -0.3 is 10.4 Å². The topological polar surface area (TPSA) is 66.4 Å². The lowest BCUT2D eigenvalue weighted by Gasteiger charge is -2.26. The Kier molecular flexibility index (Phi) is 4.99. The normalized spacial score (nSPS) is 21.8. The van der Waals surface area contributed by atoms with Crippen molar-refractivity contribution in [2.75, 3.05) is 6.54 Å². The molecular formula is C17H23NO3. The predicted molar refractivity (Wildman–Crippen MR) is 81.3 cm³/mol. The van der Waals surface area contributed by atoms with E-state index in [1.54, 1.807) is 0 Å². The van der Waals surface area contributed by atoms with Crippen LogP contribution in [0.1, 0.15) is 47.2 Å². The maximum Gasteiger partial charge on any atom is 0.306 e. The van der Waals surface area contributed by atoms with Crippen LogP contribution in [0.25, 0.3) is 0 Å². The standard InChI is InChI=1S/C17H23NO3/c1-11-4-3-5-12(2)15(11)16(19)18-10-13-6-8-14(9-7-13)17(20)21/h3-5,13-14H,6-10H2,1-2H3,(H,18,19)(H,20,21). The Bertz CT molecular complexity index is 511. The van der Waals surface area contributed by atoms with Gasteiger partial charge in [0.2, 0.25) is 0 Å². The van der Waals surface area contributed by atoms with E-state index in [1.165, 1.54) is 0 Å². The van der Waals surface area contributed by atoms with Crippen molar-refractivity contribution < 1.29 is 14.7 Å². The fraction of sp³-hybridized carbons (Fsp3) is 0.529. The first-order valence-corrected chi connectivity index (χ1v) is 7.56. The molecule has 0 heterocycles. The van der Waals surface area contributed by atoms with Crippen LogP contribution in [0.2, 0.25) is 0 Å². The second-order valence-corrected chi connectivity index (χ2v) is 6.03. The lowest BCUT2D eigenvalue weighted by molar-refractivity contribution is -0.143. The van der Waals surface area contributed by atoms with Gasteiger partial charge in [-0.15, -0.1) is 0 Å². The van der Waals surface area contributed by atoms with Gasteiger partial charge in [0.15, 0.2) is 0 Å². The first-order chi connectivity index (χ1) is 9.99. The third-order valence-electron chi connectivity index (χ3n) is 4.46. The molecule has 0 aliphatic heterocycles. The second-order valence-electron chi connectivity index (χ2n) is 6.03. The molecule has 1 aliphatic rings. The van der Waals surface area contributed by atoms with E-state index in [2.05, 4.69) is 5.32 Å². The summed E-state index contributed by atoms with van der Waals surface area (Å²) in [6.45, 7) is 4.53. The van der Waals surface area contributed by atoms with Gasteiger partial charge in [0.1, 0.15) is 0 Å². The van der Waals surface area contributed by atoms with Crippen LogP contribution >= 0.6 is 0 Å². The Hall–Kier alpha value is -1.84. The van der Waals surface area contributed by atoms with Crippen LogP contribution in [-0.4, -0.2) is 23.5 Å². The van der Waals surface area contributed by atoms with Crippen molar-refractivity contribution in [2.24, 2.45) is 11.8 Å². The lowest BCUT2D eigenvalue weighted by atomic mass is 9.82. The van der Waals surface area contributed by atoms with E-state index in [0.717, 1.165) is 42.4 Å². The summed E-state index contributed by atoms with van der Waals surface area (Å²) in [4.78, 5) is 23.2. The van der Waals surface area contributed by atoms with Crippen LogP contribution in [-0.2, 0) is 4.79 Å². The van der Waals surface area contributed by atoms with Crippen LogP contribution in [0.15, 0.2) is 18.2 Å². The number of hydrogen-bond acceptors (Lipinski definition) is 2. The van der Waals surface area contributed by atoms with Crippen molar-refractivity contribution in [1.29, 1.82) is 0 Å². The lowest BCUT2D eigenvalue weighted by Crippen LogP contribution is -2.33. The molecule has 1 amide bonds. The first kappa shape index (κ1) is 15.5. The second kappa shape index (κ2) is 6.74. The number of aryl methyl sites for hydroxylation is 2. The Morgan fingerprint density at radius 1 is 1.14 bits per heavy atom. The molecule has 1 aliphatic carbocycles. The molecule has 0 spiro atoms. The maximum absolute atomic E-state index is 12.3. The van der Waals surface area contributed by atoms with Gasteiger partial charge in [-0.05, 0) is 56.6 Å². The summed E-state index contributed by atoms with van der Waals surface area (Å²) < 4.78 is 0. The van der Waals surface area contributed by atoms with Gasteiger partial charge >= 0.3 is 5.97 Å². The third-order valence-corrected chi connectivity index (χ3v) is 4.46. The highest BCUT2D eigenvalue weighted by molar-refractivity contribution is 5.97. The molecule has 2 rings (SSSR count). The number of amides is 1. The van der Waals surface area contributed by atoms with Gasteiger partial charge in [-0.25, -0.2) is 0 Å². The molecule has 0 aromatic heterocycles. The zero-order chi connectivity index (χ0) is 15.4. The Labute approximate surface area is 125 Å². The maximum atomic E-state index is 12.3. The highest BCUT2D eigenvalue weighted by Gasteiger charge is 2.26. The molecule has 114 valence electrons. The van der Waals surface area contributed by atoms with Crippen molar-refractivity contribution in [3.8, 4) is 0 Å². The number of hydrogen-bond donors (Lipinski definition) is 2. The van der Waals surface area contributed by atoms with Gasteiger partial charge in [0.05, 0.1) is 5.92 Å². The zero-order valence-corrected chi connectivity index (χ0v) is 12.7. The van der Waals surface area contributed by atoms with Crippen LogP contribution in [0.5, 0.6) is 0 Å². The first-order valence-electron chi connectivity index (χ1n) is 7.56. The number of aliphatic carboxylic acids is 1. The summed E-state index contributed by atoms with van der Waals surface area (Å²) in [5.74, 6) is -0.511. The highest BCUT2D eigenvalue weighted by atomic mass is 16.4. The summed E-state index contributed by atoms with van der Waals surface area (Å²) in [6, 6.07) is 5.84. The Morgan fingerprint density at radius 3 is 2.24 bits per heavy atom. The quantitative estimate of drug-likeness (QED) is 0.895. The Balaban J connectivity index is 1.87. The van der Waals surface area contributed by atoms with Crippen molar-refractivity contribution in [3.05, 3.63) is 34.9 Å². The average Bonchev–Trinajstić information content (AvgIpc) is 2.45. The number of nitrogens with one attached hydrogen (secondary N) is 1. The minimum atomic E-state index is -0.687. The molecule has 1 aromatic rings. The fourth-order valence-electron chi connectivity index (χ4n) is 3.11. The number of rotatable bonds is 4. The molecule has 4 heteroatoms. The summed E-state index contributed by atoms with van der Waals surface area (Å²) in [7, 11) is 0. The average molecular weight is 289 g/mol. The minimum absolute atomic E-state index is 0.0223. The van der Waals surface area contributed by atoms with Gasteiger partial charge in [-0.1, -0.05) is 18.2 Å². The molecule has 21 heavy (non-hydrogen) atoms. The SMILES string of the molecule is Cc1cccc(C)c1C(=O)NCC1CCC(C(=O)O)CC1. The monoisotopic (exact) mass is 289 g/mol. The van der Waals surface area contributed by atoms with Gasteiger partial charge in [-0.3, -0.25) is 9.59 Å². The number of carboxylic acid groups (broad SMARTS) is 1. The van der Waals surface area contributed by atoms with Gasteiger partial charge in [-0.2, -0.15) is 0 Å². The molecule has 0 saturated heterocycles. The number of carbonyl (C=O) groups excluding carboxylic acids is 1. The fourth-order valence-corrected chi connectivity index (χ4v) is 3.11. The van der Waals surface area contributed by atoms with E-state index < -0.39 is 5.97 Å². The number of carboxylic acids is 1. The van der Waals surface area contributed by atoms with E-state index >= 15 is 0 Å². The van der Waals surface area contributed by atoms with E-state index in [1.807, 2.05) is 32.0 Å². The van der Waals surface area contributed by atoms with Crippen molar-refractivity contribution in [1.82, 2.24) is 5.32 Å². The molecule has 1 fully saturated rings. The van der Waals surface area contributed by atoms with E-state index in [9.17, 15) is 9.59 Å². The van der Waals surface area contributed by atoms with Crippen LogP contribution in [0.3, 0.4) is 0 Å². The van der Waals surface area contributed by atoms with Gasteiger partial charge in [0, 0.05) is 12.1 Å². The zero-order valence-electron chi connectivity index (χ0n) is 12.7. The smallest absolute Gasteiger partial charge is 0.306 e. The molecule has 1 aromatic carbocycles. The van der Waals surface area contributed by atoms with Crippen LogP contribution in [0.4, 0.5) is 0 Å². The molecule has 0 radical (unpaired) electrons. The Morgan fingerprint density at radius 2 is 1.71 bits per heavy atom. The summed E-state index contributed by atoms with van der Waals surface area (Å²) in [6.07, 6.45) is 3.20. The molecule has 0 atom stereocenters. The number of benzene rings is 1. The van der Waals surface area contributed by atoms with Crippen molar-refractivity contribution in [3.63, 3.8) is 0 Å². The van der Waals surface area contributed by atoms with Gasteiger partial charge in [0.25, 0.3) is 5.91 Å². The summed E-state index contributed by atoms with van der Waals surface area (Å²) >= 11 is 0. The molecule has 1 saturated carbocycles. The molecule has 0 bridgehead atoms. The van der Waals surface area contributed by atoms with Crippen molar-refractivity contribution >= 4 is 11.9 Å². The molecular weight excluding hydrogens is 266 g/mol. The molecule has 4 nitrogen and oxygen atoms in total. The minimum Gasteiger partial charge on any atom is -0.481 e. The summed E-state index contributed by atoms with van der Waals surface area (Å²) in [5, 5.41) is 12.0. The molecule has 2 N–H and O–H groups in total. The summed E-state index contributed by atoms with van der Waals surface area (Å²) in [5.41, 5.74) is 2.74. The van der Waals surface area contributed by atoms with E-state index in [-0.39, 0.29) is 11.8 Å². The van der Waals surface area contributed by atoms with E-state index in [0.29, 0.717) is 12.5 Å². The highest BCUT2D eigenvalue weighted by Crippen LogP contribution is 2.28. The largest absolute Gasteiger partial charge is 0.481 e.